The molecule has 0 radical (unpaired) electrons. The van der Waals surface area contributed by atoms with Crippen LogP contribution in [0.4, 0.5) is 5.69 Å². The van der Waals surface area contributed by atoms with Gasteiger partial charge in [0.05, 0.1) is 0 Å². The van der Waals surface area contributed by atoms with Crippen molar-refractivity contribution in [2.24, 2.45) is 11.8 Å². The number of anilines is 1. The summed E-state index contributed by atoms with van der Waals surface area (Å²) in [4.78, 5) is 99.6. The number of allylic oxidation sites excluding steroid dienone is 3. The number of carbonyl (C=O) groups excluding carboxylic acids is 6. The average molecular weight is 978 g/mol. The molecule has 0 saturated heterocycles. The van der Waals surface area contributed by atoms with Crippen molar-refractivity contribution in [3.05, 3.63) is 179 Å². The van der Waals surface area contributed by atoms with Gasteiger partial charge in [0.25, 0.3) is 0 Å². The maximum absolute atomic E-state index is 15.2. The van der Waals surface area contributed by atoms with Gasteiger partial charge in [-0.2, -0.15) is 0 Å². The minimum atomic E-state index is -1.70. The molecule has 4 unspecified atom stereocenters. The van der Waals surface area contributed by atoms with Crippen LogP contribution in [0.2, 0.25) is 5.02 Å². The number of rotatable bonds is 10. The minimum absolute atomic E-state index is 0.0639. The van der Waals surface area contributed by atoms with Gasteiger partial charge in [0.1, 0.15) is 23.2 Å². The molecule has 2 aliphatic heterocycles. The van der Waals surface area contributed by atoms with Gasteiger partial charge < -0.3 is 37.0 Å². The number of aryl methyl sites for hydroxylation is 1. The second kappa shape index (κ2) is 20.8. The summed E-state index contributed by atoms with van der Waals surface area (Å²) in [6.45, 7) is 12.1. The normalized spacial score (nSPS) is 26.1. The highest BCUT2D eigenvalue weighted by Crippen LogP contribution is 2.52. The molecule has 3 aliphatic carbocycles. The molecule has 7 N–H and O–H groups in total. The summed E-state index contributed by atoms with van der Waals surface area (Å²) in [5.74, 6) is -6.23. The fraction of sp³-hybridized carbons (Fsp3) is 0.304. The summed E-state index contributed by atoms with van der Waals surface area (Å²) in [7, 11) is 0. The SMILES string of the molecule is C=C(C1=CCC(C)C=C1)[C@H](NC(=O)[C@@H]1NC(=O)C2(CC2c2ccccc2)NC(=O)[C@H](Cc2ccc(C)cc2Cl)NC(=O)C2(C[C@H]2Cc2ccccc2)NC(=O)CCC(=O)Nc2ccc(cc2)C1=C)C(=O)O. The number of aliphatic carboxylic acids is 1. The third-order valence-corrected chi connectivity index (χ3v) is 14.3. The van der Waals surface area contributed by atoms with Crippen LogP contribution in [0.15, 0.2) is 146 Å². The standard InChI is InChI=1S/C56H57ClN6O8/c1-32-15-18-37(19-16-32)35(4)49(52(68)69)60-51(67)48-34(3)38-21-23-42(24-22-38)58-46(64)25-26-47(65)62-55(30-41(55)28-36-11-7-5-8-12-36)53(70)59-45(29-40-20-17-33(2)27-44(40)57)50(66)63-56(54(71)61-48)31-43(56)39-13-9-6-10-14-39/h5-15,17-24,27,32,41,43,45,48-49H,3-4,16,25-26,28-31H2,1-2H3,(H,58,64)(H,59,70)(H,60,67)(H,61,71)(H,62,65)(H,63,66)(H,68,69)/t32?,41-,43?,45+,48-,49+,55?,56?/m1/s1. The molecule has 15 heteroatoms. The molecule has 8 atom stereocenters. The van der Waals surface area contributed by atoms with E-state index in [0.717, 1.165) is 11.1 Å². The maximum atomic E-state index is 15.2. The highest BCUT2D eigenvalue weighted by atomic mass is 35.5. The van der Waals surface area contributed by atoms with Crippen molar-refractivity contribution < 1.29 is 38.7 Å². The van der Waals surface area contributed by atoms with E-state index in [4.69, 9.17) is 11.6 Å². The number of carbonyl (C=O) groups is 7. The number of hydrogen-bond donors (Lipinski definition) is 7. The highest BCUT2D eigenvalue weighted by Gasteiger charge is 2.64. The van der Waals surface area contributed by atoms with Crippen LogP contribution >= 0.6 is 11.6 Å². The number of carboxylic acid groups (broad SMARTS) is 1. The van der Waals surface area contributed by atoms with Crippen LogP contribution in [0.5, 0.6) is 0 Å². The number of fused-ring (bicyclic) bond motifs is 14. The van der Waals surface area contributed by atoms with Crippen LogP contribution in [0.3, 0.4) is 0 Å². The third-order valence-electron chi connectivity index (χ3n) is 13.9. The molecule has 5 aliphatic rings. The quantitative estimate of drug-likeness (QED) is 0.0941. The van der Waals surface area contributed by atoms with E-state index >= 15 is 9.59 Å². The first-order valence-corrected chi connectivity index (χ1v) is 24.1. The molecule has 366 valence electrons. The number of carboxylic acids is 1. The van der Waals surface area contributed by atoms with E-state index in [1.54, 1.807) is 54.6 Å². The molecule has 0 aromatic heterocycles. The van der Waals surface area contributed by atoms with Crippen LogP contribution < -0.4 is 31.9 Å². The summed E-state index contributed by atoms with van der Waals surface area (Å²) in [6, 6.07) is 25.6. The molecule has 2 fully saturated rings. The Morgan fingerprint density at radius 2 is 1.51 bits per heavy atom. The van der Waals surface area contributed by atoms with Gasteiger partial charge in [0.2, 0.25) is 35.4 Å². The number of amides is 6. The minimum Gasteiger partial charge on any atom is -0.479 e. The first-order chi connectivity index (χ1) is 34.0. The largest absolute Gasteiger partial charge is 0.479 e. The molecule has 4 aromatic carbocycles. The fourth-order valence-electron chi connectivity index (χ4n) is 9.52. The zero-order chi connectivity index (χ0) is 50.6. The molecule has 9 rings (SSSR count). The molecule has 2 bridgehead atoms. The molecule has 4 aromatic rings. The Morgan fingerprint density at radius 3 is 2.17 bits per heavy atom. The first kappa shape index (κ1) is 49.8. The van der Waals surface area contributed by atoms with Crippen LogP contribution in [-0.2, 0) is 46.4 Å². The molecule has 71 heavy (non-hydrogen) atoms. The lowest BCUT2D eigenvalue weighted by molar-refractivity contribution is -0.141. The Labute approximate surface area is 417 Å². The Balaban J connectivity index is 1.18. The molecular formula is C56H57ClN6O8. The fourth-order valence-corrected chi connectivity index (χ4v) is 9.84. The third kappa shape index (κ3) is 11.2. The lowest BCUT2D eigenvalue weighted by atomic mass is 9.91. The second-order valence-corrected chi connectivity index (χ2v) is 19.6. The predicted octanol–water partition coefficient (Wildman–Crippen LogP) is 6.41. The van der Waals surface area contributed by atoms with Crippen LogP contribution in [0.25, 0.3) is 5.57 Å². The monoisotopic (exact) mass is 976 g/mol. The lowest BCUT2D eigenvalue weighted by Crippen LogP contribution is -2.61. The van der Waals surface area contributed by atoms with Gasteiger partial charge in [0.15, 0.2) is 6.04 Å². The molecule has 6 amide bonds. The summed E-state index contributed by atoms with van der Waals surface area (Å²) in [5.41, 5.74) is 1.34. The molecule has 2 spiro atoms. The van der Waals surface area contributed by atoms with Crippen molar-refractivity contribution >= 4 is 64.3 Å². The van der Waals surface area contributed by atoms with Crippen LogP contribution in [0, 0.1) is 18.8 Å². The van der Waals surface area contributed by atoms with Crippen LogP contribution in [-0.4, -0.2) is 75.7 Å². The number of hydrogen-bond acceptors (Lipinski definition) is 7. The zero-order valence-electron chi connectivity index (χ0n) is 39.6. The van der Waals surface area contributed by atoms with Gasteiger partial charge in [-0.15, -0.1) is 0 Å². The second-order valence-electron chi connectivity index (χ2n) is 19.2. The number of benzene rings is 4. The van der Waals surface area contributed by atoms with Gasteiger partial charge in [-0.1, -0.05) is 135 Å². The predicted molar refractivity (Wildman–Crippen MR) is 271 cm³/mol. The number of halogens is 1. The van der Waals surface area contributed by atoms with E-state index in [9.17, 15) is 29.1 Å². The maximum Gasteiger partial charge on any atom is 0.330 e. The van der Waals surface area contributed by atoms with Gasteiger partial charge in [-0.25, -0.2) is 4.79 Å². The van der Waals surface area contributed by atoms with Gasteiger partial charge >= 0.3 is 5.97 Å². The summed E-state index contributed by atoms with van der Waals surface area (Å²) >= 11 is 6.76. The summed E-state index contributed by atoms with van der Waals surface area (Å²) in [6.07, 6.45) is 6.36. The molecule has 2 heterocycles. The summed E-state index contributed by atoms with van der Waals surface area (Å²) in [5, 5.41) is 27.9. The Kier molecular flexibility index (Phi) is 14.6. The smallest absolute Gasteiger partial charge is 0.330 e. The lowest BCUT2D eigenvalue weighted by Gasteiger charge is -2.29. The molecular weight excluding hydrogens is 920 g/mol. The van der Waals surface area contributed by atoms with E-state index in [1.165, 1.54) is 0 Å². The number of nitrogens with one attached hydrogen (secondary N) is 6. The first-order valence-electron chi connectivity index (χ1n) is 23.7. The van der Waals surface area contributed by atoms with Crippen molar-refractivity contribution in [3.63, 3.8) is 0 Å². The molecule has 14 nitrogen and oxygen atoms in total. The highest BCUT2D eigenvalue weighted by molar-refractivity contribution is 6.31. The van der Waals surface area contributed by atoms with Gasteiger partial charge in [-0.05, 0) is 107 Å². The van der Waals surface area contributed by atoms with Crippen molar-refractivity contribution in [1.82, 2.24) is 26.6 Å². The van der Waals surface area contributed by atoms with Crippen molar-refractivity contribution in [2.45, 2.75) is 93.9 Å². The van der Waals surface area contributed by atoms with Crippen molar-refractivity contribution in [3.8, 4) is 0 Å². The average Bonchev–Trinajstić information content (AvgIpc) is 4.27. The Hall–Kier alpha value is -7.58. The van der Waals surface area contributed by atoms with Crippen molar-refractivity contribution in [1.29, 1.82) is 0 Å². The summed E-state index contributed by atoms with van der Waals surface area (Å²) < 4.78 is 0. The van der Waals surface area contributed by atoms with Gasteiger partial charge in [0, 0.05) is 35.9 Å². The van der Waals surface area contributed by atoms with E-state index in [2.05, 4.69) is 45.1 Å². The van der Waals surface area contributed by atoms with E-state index < -0.39 is 76.5 Å². The zero-order valence-corrected chi connectivity index (χ0v) is 40.3. The Morgan fingerprint density at radius 1 is 0.831 bits per heavy atom. The molecule has 2 saturated carbocycles. The van der Waals surface area contributed by atoms with Crippen LogP contribution in [0.1, 0.15) is 72.8 Å². The van der Waals surface area contributed by atoms with Crippen molar-refractivity contribution in [2.75, 3.05) is 5.32 Å². The van der Waals surface area contributed by atoms with E-state index in [0.29, 0.717) is 45.8 Å². The van der Waals surface area contributed by atoms with E-state index in [1.807, 2.05) is 80.6 Å². The van der Waals surface area contributed by atoms with E-state index in [-0.39, 0.29) is 55.1 Å². The topological polar surface area (TPSA) is 212 Å². The Bertz CT molecular complexity index is 2870. The van der Waals surface area contributed by atoms with Gasteiger partial charge in [-0.3, -0.25) is 28.8 Å².